The molecule has 1 aliphatic heterocycles. The third kappa shape index (κ3) is 2.02. The van der Waals surface area contributed by atoms with Crippen LogP contribution in [0.1, 0.15) is 17.5 Å². The van der Waals surface area contributed by atoms with Gasteiger partial charge in [-0.1, -0.05) is 30.0 Å². The van der Waals surface area contributed by atoms with Gasteiger partial charge in [0, 0.05) is 5.56 Å². The molecule has 1 saturated carbocycles. The van der Waals surface area contributed by atoms with Crippen LogP contribution in [0, 0.1) is 23.7 Å². The van der Waals surface area contributed by atoms with E-state index in [2.05, 4.69) is 11.8 Å². The molecule has 0 radical (unpaired) electrons. The second-order valence-electron chi connectivity index (χ2n) is 4.83. The molecular formula is C15H13NO3. The van der Waals surface area contributed by atoms with Crippen molar-refractivity contribution in [3.05, 3.63) is 35.4 Å². The molecule has 4 heteroatoms. The van der Waals surface area contributed by atoms with Crippen molar-refractivity contribution in [1.82, 2.24) is 4.90 Å². The molecule has 2 fully saturated rings. The van der Waals surface area contributed by atoms with Crippen molar-refractivity contribution >= 4 is 11.8 Å². The molecule has 1 N–H and O–H groups in total. The molecule has 1 aliphatic carbocycles. The van der Waals surface area contributed by atoms with Crippen molar-refractivity contribution in [3.63, 3.8) is 0 Å². The number of rotatable bonds is 2. The van der Waals surface area contributed by atoms with Crippen molar-refractivity contribution in [2.24, 2.45) is 11.8 Å². The summed E-state index contributed by atoms with van der Waals surface area (Å²) in [4.78, 5) is 25.2. The highest BCUT2D eigenvalue weighted by atomic mass is 16.2. The topological polar surface area (TPSA) is 57.6 Å². The van der Waals surface area contributed by atoms with Crippen LogP contribution in [0.25, 0.3) is 0 Å². The summed E-state index contributed by atoms with van der Waals surface area (Å²) in [7, 11) is 0. The number of benzene rings is 1. The summed E-state index contributed by atoms with van der Waals surface area (Å²) >= 11 is 0. The predicted octanol–water partition coefficient (Wildman–Crippen LogP) is 0.535. The standard InChI is InChI=1S/C15H13NO3/c17-7-3-6-10-4-1-2-5-11(10)9-16-14(18)12-8-13(12)15(16)19/h1-2,4-5,12-13,17H,7-9H2. The summed E-state index contributed by atoms with van der Waals surface area (Å²) in [6.07, 6.45) is 0.722. The monoisotopic (exact) mass is 255 g/mol. The summed E-state index contributed by atoms with van der Waals surface area (Å²) in [5.74, 6) is 5.18. The predicted molar refractivity (Wildman–Crippen MR) is 67.6 cm³/mol. The van der Waals surface area contributed by atoms with E-state index in [0.29, 0.717) is 0 Å². The summed E-state index contributed by atoms with van der Waals surface area (Å²) < 4.78 is 0. The van der Waals surface area contributed by atoms with Gasteiger partial charge in [-0.3, -0.25) is 14.5 Å². The highest BCUT2D eigenvalue weighted by molar-refractivity contribution is 6.08. The highest BCUT2D eigenvalue weighted by Crippen LogP contribution is 2.47. The second-order valence-corrected chi connectivity index (χ2v) is 4.83. The maximum absolute atomic E-state index is 11.9. The molecule has 0 bridgehead atoms. The Morgan fingerprint density at radius 1 is 1.21 bits per heavy atom. The fraction of sp³-hybridized carbons (Fsp3) is 0.333. The van der Waals surface area contributed by atoms with Gasteiger partial charge in [-0.25, -0.2) is 0 Å². The lowest BCUT2D eigenvalue weighted by Gasteiger charge is -2.17. The number of imide groups is 1. The van der Waals surface area contributed by atoms with Crippen molar-refractivity contribution in [2.75, 3.05) is 6.61 Å². The van der Waals surface area contributed by atoms with Gasteiger partial charge in [0.1, 0.15) is 6.61 Å². The molecule has 1 aromatic rings. The van der Waals surface area contributed by atoms with Gasteiger partial charge in [-0.2, -0.15) is 0 Å². The molecule has 1 aromatic carbocycles. The van der Waals surface area contributed by atoms with Gasteiger partial charge < -0.3 is 5.11 Å². The Morgan fingerprint density at radius 2 is 1.89 bits per heavy atom. The molecule has 0 aromatic heterocycles. The molecule has 1 saturated heterocycles. The molecular weight excluding hydrogens is 242 g/mol. The minimum Gasteiger partial charge on any atom is -0.384 e. The van der Waals surface area contributed by atoms with Crippen LogP contribution in [0.5, 0.6) is 0 Å². The van der Waals surface area contributed by atoms with Crippen LogP contribution in [-0.4, -0.2) is 28.4 Å². The van der Waals surface area contributed by atoms with Crippen molar-refractivity contribution in [2.45, 2.75) is 13.0 Å². The van der Waals surface area contributed by atoms with E-state index in [9.17, 15) is 9.59 Å². The number of hydrogen-bond donors (Lipinski definition) is 1. The van der Waals surface area contributed by atoms with E-state index in [1.807, 2.05) is 24.3 Å². The lowest BCUT2D eigenvalue weighted by molar-refractivity contribution is -0.142. The largest absolute Gasteiger partial charge is 0.384 e. The van der Waals surface area contributed by atoms with Gasteiger partial charge in [-0.05, 0) is 18.1 Å². The van der Waals surface area contributed by atoms with E-state index >= 15 is 0 Å². The molecule has 2 unspecified atom stereocenters. The van der Waals surface area contributed by atoms with Crippen LogP contribution in [0.3, 0.4) is 0 Å². The Bertz CT molecular complexity index is 591. The van der Waals surface area contributed by atoms with E-state index < -0.39 is 0 Å². The molecule has 19 heavy (non-hydrogen) atoms. The van der Waals surface area contributed by atoms with Crippen LogP contribution >= 0.6 is 0 Å². The first-order valence-corrected chi connectivity index (χ1v) is 6.25. The first-order valence-electron chi connectivity index (χ1n) is 6.25. The average molecular weight is 255 g/mol. The molecule has 2 aliphatic rings. The lowest BCUT2D eigenvalue weighted by atomic mass is 10.1. The van der Waals surface area contributed by atoms with Crippen molar-refractivity contribution < 1.29 is 14.7 Å². The number of fused-ring (bicyclic) bond motifs is 1. The van der Waals surface area contributed by atoms with Crippen LogP contribution in [0.4, 0.5) is 0 Å². The highest BCUT2D eigenvalue weighted by Gasteiger charge is 2.58. The number of aliphatic hydroxyl groups excluding tert-OH is 1. The SMILES string of the molecule is O=C1C2CC2C(=O)N1Cc1ccccc1C#CCO. The molecule has 96 valence electrons. The first-order chi connectivity index (χ1) is 9.22. The summed E-state index contributed by atoms with van der Waals surface area (Å²) in [6.45, 7) is 0.0704. The number of aliphatic hydroxyl groups is 1. The zero-order valence-electron chi connectivity index (χ0n) is 10.3. The minimum absolute atomic E-state index is 0.0556. The number of carbonyl (C=O) groups excluding carboxylic acids is 2. The zero-order valence-corrected chi connectivity index (χ0v) is 10.3. The Balaban J connectivity index is 1.84. The average Bonchev–Trinajstić information content (AvgIpc) is 3.18. The van der Waals surface area contributed by atoms with Gasteiger partial charge in [-0.15, -0.1) is 0 Å². The molecule has 2 amide bonds. The zero-order chi connectivity index (χ0) is 13.4. The van der Waals surface area contributed by atoms with E-state index in [1.54, 1.807) is 0 Å². The van der Waals surface area contributed by atoms with Crippen LogP contribution in [0.2, 0.25) is 0 Å². The second kappa shape index (κ2) is 4.52. The van der Waals surface area contributed by atoms with E-state index in [-0.39, 0.29) is 36.8 Å². The fourth-order valence-corrected chi connectivity index (χ4v) is 2.49. The van der Waals surface area contributed by atoms with Crippen molar-refractivity contribution in [3.8, 4) is 11.8 Å². The summed E-state index contributed by atoms with van der Waals surface area (Å²) in [6, 6.07) is 7.37. The van der Waals surface area contributed by atoms with E-state index in [4.69, 9.17) is 5.11 Å². The fourth-order valence-electron chi connectivity index (χ4n) is 2.49. The van der Waals surface area contributed by atoms with Gasteiger partial charge in [0.25, 0.3) is 0 Å². The van der Waals surface area contributed by atoms with Gasteiger partial charge in [0.2, 0.25) is 11.8 Å². The molecule has 3 rings (SSSR count). The van der Waals surface area contributed by atoms with Crippen molar-refractivity contribution in [1.29, 1.82) is 0 Å². The first kappa shape index (κ1) is 11.9. The van der Waals surface area contributed by atoms with Gasteiger partial charge in [0.15, 0.2) is 0 Å². The Kier molecular flexibility index (Phi) is 2.84. The number of hydrogen-bond acceptors (Lipinski definition) is 3. The Morgan fingerprint density at radius 3 is 2.58 bits per heavy atom. The maximum atomic E-state index is 11.9. The quantitative estimate of drug-likeness (QED) is 0.619. The number of piperidine rings is 1. The van der Waals surface area contributed by atoms with Crippen LogP contribution < -0.4 is 0 Å². The number of carbonyl (C=O) groups is 2. The van der Waals surface area contributed by atoms with Crippen LogP contribution in [0.15, 0.2) is 24.3 Å². The van der Waals surface area contributed by atoms with E-state index in [1.165, 1.54) is 4.90 Å². The summed E-state index contributed by atoms with van der Waals surface area (Å²) in [5.41, 5.74) is 1.59. The molecule has 1 heterocycles. The third-order valence-electron chi connectivity index (χ3n) is 3.60. The lowest BCUT2D eigenvalue weighted by Crippen LogP contribution is -2.32. The Hall–Kier alpha value is -2.12. The number of nitrogens with zero attached hydrogens (tertiary/aromatic N) is 1. The normalized spacial score (nSPS) is 23.9. The number of amides is 2. The molecule has 4 nitrogen and oxygen atoms in total. The third-order valence-corrected chi connectivity index (χ3v) is 3.60. The number of likely N-dealkylation sites (tertiary alicyclic amines) is 1. The molecule has 0 spiro atoms. The molecule has 2 atom stereocenters. The minimum atomic E-state index is -0.208. The summed E-state index contributed by atoms with van der Waals surface area (Å²) in [5, 5.41) is 8.74. The maximum Gasteiger partial charge on any atom is 0.233 e. The van der Waals surface area contributed by atoms with Gasteiger partial charge >= 0.3 is 0 Å². The van der Waals surface area contributed by atoms with E-state index in [0.717, 1.165) is 17.5 Å². The smallest absolute Gasteiger partial charge is 0.233 e. The van der Waals surface area contributed by atoms with Gasteiger partial charge in [0.05, 0.1) is 18.4 Å². The van der Waals surface area contributed by atoms with Crippen LogP contribution in [-0.2, 0) is 16.1 Å². The Labute approximate surface area is 111 Å².